The Morgan fingerprint density at radius 2 is 1.92 bits per heavy atom. The third kappa shape index (κ3) is 2.89. The second-order valence-corrected chi connectivity index (χ2v) is 3.18. The average Bonchev–Trinajstić information content (AvgIpc) is 2.01. The van der Waals surface area contributed by atoms with Crippen molar-refractivity contribution in [3.8, 4) is 0 Å². The Bertz CT molecular complexity index is 223. The highest BCUT2D eigenvalue weighted by atomic mass is 16.4. The SMILES string of the molecule is C=CC(=O)N(C)[C@@H](C(=O)O)C(C)C. The number of aliphatic carboxylic acids is 1. The number of rotatable bonds is 4. The molecule has 1 N–H and O–H groups in total. The molecule has 13 heavy (non-hydrogen) atoms. The minimum atomic E-state index is -0.993. The Morgan fingerprint density at radius 1 is 1.46 bits per heavy atom. The molecule has 0 spiro atoms. The molecule has 0 aromatic heterocycles. The third-order valence-electron chi connectivity index (χ3n) is 1.82. The summed E-state index contributed by atoms with van der Waals surface area (Å²) in [5, 5.41) is 8.83. The lowest BCUT2D eigenvalue weighted by Gasteiger charge is -2.26. The Balaban J connectivity index is 4.64. The number of carboxylic acid groups (broad SMARTS) is 1. The van der Waals surface area contributed by atoms with E-state index in [0.29, 0.717) is 0 Å². The predicted octanol–water partition coefficient (Wildman–Crippen LogP) is 0.740. The van der Waals surface area contributed by atoms with E-state index in [2.05, 4.69) is 6.58 Å². The van der Waals surface area contributed by atoms with Crippen LogP contribution in [0, 0.1) is 5.92 Å². The van der Waals surface area contributed by atoms with E-state index < -0.39 is 12.0 Å². The van der Waals surface area contributed by atoms with Crippen LogP contribution in [0.3, 0.4) is 0 Å². The van der Waals surface area contributed by atoms with Gasteiger partial charge in [-0.1, -0.05) is 20.4 Å². The molecule has 0 unspecified atom stereocenters. The van der Waals surface area contributed by atoms with Crippen molar-refractivity contribution < 1.29 is 14.7 Å². The van der Waals surface area contributed by atoms with Gasteiger partial charge in [0.05, 0.1) is 0 Å². The van der Waals surface area contributed by atoms with Crippen LogP contribution in [0.4, 0.5) is 0 Å². The maximum absolute atomic E-state index is 11.1. The molecule has 0 saturated heterocycles. The van der Waals surface area contributed by atoms with Gasteiger partial charge in [0.1, 0.15) is 6.04 Å². The number of amides is 1. The van der Waals surface area contributed by atoms with Crippen molar-refractivity contribution in [2.75, 3.05) is 7.05 Å². The number of carboxylic acids is 1. The third-order valence-corrected chi connectivity index (χ3v) is 1.82. The first-order chi connectivity index (χ1) is 5.91. The summed E-state index contributed by atoms with van der Waals surface area (Å²) in [5.41, 5.74) is 0. The topological polar surface area (TPSA) is 57.6 Å². The van der Waals surface area contributed by atoms with Crippen molar-refractivity contribution in [1.82, 2.24) is 4.90 Å². The van der Waals surface area contributed by atoms with Gasteiger partial charge in [-0.15, -0.1) is 0 Å². The van der Waals surface area contributed by atoms with Crippen molar-refractivity contribution in [3.05, 3.63) is 12.7 Å². The molecular formula is C9H15NO3. The van der Waals surface area contributed by atoms with Crippen molar-refractivity contribution in [2.24, 2.45) is 5.92 Å². The van der Waals surface area contributed by atoms with E-state index in [-0.39, 0.29) is 11.8 Å². The van der Waals surface area contributed by atoms with Crippen LogP contribution in [0.15, 0.2) is 12.7 Å². The lowest BCUT2D eigenvalue weighted by Crippen LogP contribution is -2.44. The molecule has 0 bridgehead atoms. The molecule has 1 atom stereocenters. The van der Waals surface area contributed by atoms with Crippen LogP contribution >= 0.6 is 0 Å². The lowest BCUT2D eigenvalue weighted by molar-refractivity contribution is -0.149. The highest BCUT2D eigenvalue weighted by Gasteiger charge is 2.27. The fraction of sp³-hybridized carbons (Fsp3) is 0.556. The normalized spacial score (nSPS) is 12.3. The first-order valence-electron chi connectivity index (χ1n) is 4.03. The Hall–Kier alpha value is -1.32. The summed E-state index contributed by atoms with van der Waals surface area (Å²) >= 11 is 0. The number of carbonyl (C=O) groups is 2. The largest absolute Gasteiger partial charge is 0.480 e. The summed E-state index contributed by atoms with van der Waals surface area (Å²) in [6, 6.07) is -0.787. The van der Waals surface area contributed by atoms with E-state index in [1.807, 2.05) is 0 Å². The van der Waals surface area contributed by atoms with E-state index >= 15 is 0 Å². The summed E-state index contributed by atoms with van der Waals surface area (Å²) in [5.74, 6) is -1.49. The summed E-state index contributed by atoms with van der Waals surface area (Å²) in [6.07, 6.45) is 1.11. The summed E-state index contributed by atoms with van der Waals surface area (Å²) < 4.78 is 0. The molecule has 1 amide bonds. The lowest BCUT2D eigenvalue weighted by atomic mass is 10.0. The second kappa shape index (κ2) is 4.64. The molecule has 0 aliphatic heterocycles. The van der Waals surface area contributed by atoms with Crippen LogP contribution in [0.25, 0.3) is 0 Å². The molecule has 0 aromatic rings. The highest BCUT2D eigenvalue weighted by molar-refractivity contribution is 5.90. The molecule has 0 heterocycles. The van der Waals surface area contributed by atoms with E-state index in [1.165, 1.54) is 11.9 Å². The number of carbonyl (C=O) groups excluding carboxylic acids is 1. The minimum Gasteiger partial charge on any atom is -0.480 e. The smallest absolute Gasteiger partial charge is 0.326 e. The second-order valence-electron chi connectivity index (χ2n) is 3.18. The van der Waals surface area contributed by atoms with Crippen molar-refractivity contribution in [2.45, 2.75) is 19.9 Å². The quantitative estimate of drug-likeness (QED) is 0.657. The van der Waals surface area contributed by atoms with Gasteiger partial charge in [-0.05, 0) is 12.0 Å². The zero-order valence-electron chi connectivity index (χ0n) is 8.15. The van der Waals surface area contributed by atoms with Crippen LogP contribution in [0.5, 0.6) is 0 Å². The van der Waals surface area contributed by atoms with Gasteiger partial charge >= 0.3 is 5.97 Å². The average molecular weight is 185 g/mol. The molecule has 0 radical (unpaired) electrons. The number of likely N-dealkylation sites (N-methyl/N-ethyl adjacent to an activating group) is 1. The number of hydrogen-bond donors (Lipinski definition) is 1. The molecule has 0 aliphatic carbocycles. The van der Waals surface area contributed by atoms with Crippen LogP contribution in [0.2, 0.25) is 0 Å². The van der Waals surface area contributed by atoms with Gasteiger partial charge in [0.25, 0.3) is 0 Å². The molecule has 0 rings (SSSR count). The fourth-order valence-corrected chi connectivity index (χ4v) is 1.18. The molecule has 0 aromatic carbocycles. The first kappa shape index (κ1) is 11.7. The Kier molecular flexibility index (Phi) is 4.17. The van der Waals surface area contributed by atoms with Crippen LogP contribution < -0.4 is 0 Å². The molecule has 4 nitrogen and oxygen atoms in total. The maximum Gasteiger partial charge on any atom is 0.326 e. The summed E-state index contributed by atoms with van der Waals surface area (Å²) in [6.45, 7) is 6.81. The highest BCUT2D eigenvalue weighted by Crippen LogP contribution is 2.09. The van der Waals surface area contributed by atoms with Crippen molar-refractivity contribution in [3.63, 3.8) is 0 Å². The fourth-order valence-electron chi connectivity index (χ4n) is 1.18. The van der Waals surface area contributed by atoms with Gasteiger partial charge in [0.2, 0.25) is 5.91 Å². The molecule has 0 saturated carbocycles. The maximum atomic E-state index is 11.1. The van der Waals surface area contributed by atoms with E-state index in [9.17, 15) is 9.59 Å². The van der Waals surface area contributed by atoms with Gasteiger partial charge in [0, 0.05) is 7.05 Å². The standard InChI is InChI=1S/C9H15NO3/c1-5-7(11)10(4)8(6(2)3)9(12)13/h5-6,8H,1H2,2-4H3,(H,12,13)/t8-/m1/s1. The van der Waals surface area contributed by atoms with Crippen molar-refractivity contribution >= 4 is 11.9 Å². The molecule has 0 fully saturated rings. The molecule has 0 aliphatic rings. The first-order valence-corrected chi connectivity index (χ1v) is 4.03. The van der Waals surface area contributed by atoms with Crippen LogP contribution in [-0.2, 0) is 9.59 Å². The van der Waals surface area contributed by atoms with Gasteiger partial charge in [-0.2, -0.15) is 0 Å². The van der Waals surface area contributed by atoms with E-state index in [1.54, 1.807) is 13.8 Å². The van der Waals surface area contributed by atoms with Crippen LogP contribution in [0.1, 0.15) is 13.8 Å². The van der Waals surface area contributed by atoms with E-state index in [0.717, 1.165) is 6.08 Å². The predicted molar refractivity (Wildman–Crippen MR) is 49.2 cm³/mol. The van der Waals surface area contributed by atoms with Crippen LogP contribution in [-0.4, -0.2) is 35.0 Å². The monoisotopic (exact) mass is 185 g/mol. The number of hydrogen-bond acceptors (Lipinski definition) is 2. The number of nitrogens with zero attached hydrogens (tertiary/aromatic N) is 1. The summed E-state index contributed by atoms with van der Waals surface area (Å²) in [4.78, 5) is 23.1. The van der Waals surface area contributed by atoms with Gasteiger partial charge in [0.15, 0.2) is 0 Å². The van der Waals surface area contributed by atoms with E-state index in [4.69, 9.17) is 5.11 Å². The zero-order valence-corrected chi connectivity index (χ0v) is 8.15. The van der Waals surface area contributed by atoms with Gasteiger partial charge in [-0.25, -0.2) is 4.79 Å². The summed E-state index contributed by atoms with van der Waals surface area (Å²) in [7, 11) is 1.46. The molecule has 4 heteroatoms. The van der Waals surface area contributed by atoms with Crippen molar-refractivity contribution in [1.29, 1.82) is 0 Å². The Morgan fingerprint density at radius 3 is 2.15 bits per heavy atom. The van der Waals surface area contributed by atoms with Gasteiger partial charge < -0.3 is 10.0 Å². The Labute approximate surface area is 77.8 Å². The van der Waals surface area contributed by atoms with Gasteiger partial charge in [-0.3, -0.25) is 4.79 Å². The minimum absolute atomic E-state index is 0.119. The zero-order chi connectivity index (χ0) is 10.6. The molecule has 74 valence electrons. The molecular weight excluding hydrogens is 170 g/mol.